The van der Waals surface area contributed by atoms with Crippen molar-refractivity contribution in [2.45, 2.75) is 6.92 Å². The molecule has 1 aliphatic heterocycles. The minimum absolute atomic E-state index is 0.740. The normalized spacial score (nSPS) is 14.3. The zero-order valence-electron chi connectivity index (χ0n) is 9.16. The number of ether oxygens (including phenoxy) is 1. The van der Waals surface area contributed by atoms with Gasteiger partial charge in [0.25, 0.3) is 0 Å². The topological polar surface area (TPSA) is 9.23 Å². The number of benzene rings is 2. The largest absolute Gasteiger partial charge is 0.456 e. The van der Waals surface area contributed by atoms with Crippen LogP contribution in [-0.4, -0.2) is 0 Å². The lowest BCUT2D eigenvalue weighted by Gasteiger charge is -2.19. The molecule has 0 atom stereocenters. The molecule has 2 aromatic rings. The van der Waals surface area contributed by atoms with Crippen LogP contribution < -0.4 is 4.74 Å². The molecule has 1 aliphatic rings. The minimum atomic E-state index is 0.740. The van der Waals surface area contributed by atoms with Crippen molar-refractivity contribution in [1.29, 1.82) is 0 Å². The maximum Gasteiger partial charge on any atom is 0.142 e. The monoisotopic (exact) mass is 208 g/mol. The van der Waals surface area contributed by atoms with E-state index in [4.69, 9.17) is 4.74 Å². The Labute approximate surface area is 94.7 Å². The van der Waals surface area contributed by atoms with Gasteiger partial charge in [0.1, 0.15) is 11.5 Å². The number of fused-ring (bicyclic) bond motifs is 3. The van der Waals surface area contributed by atoms with E-state index in [1.807, 2.05) is 19.1 Å². The molecule has 1 heteroatoms. The molecular formula is C15H12O. The van der Waals surface area contributed by atoms with E-state index in [9.17, 15) is 0 Å². The lowest BCUT2D eigenvalue weighted by Crippen LogP contribution is -2.02. The maximum atomic E-state index is 5.79. The highest BCUT2D eigenvalue weighted by Gasteiger charge is 2.14. The third-order valence-electron chi connectivity index (χ3n) is 2.95. The fraction of sp³-hybridized carbons (Fsp3) is 0.0667. The van der Waals surface area contributed by atoms with Crippen LogP contribution >= 0.6 is 0 Å². The molecule has 0 unspecified atom stereocenters. The standard InChI is InChI=1S/C15H12O/c1-10-9-13-8-7-12-5-3-4-6-14(12)15(13)16-11(10)2/h3-9H,2H2,1H3. The van der Waals surface area contributed by atoms with Crippen molar-refractivity contribution in [2.75, 3.05) is 0 Å². The molecule has 1 nitrogen and oxygen atoms in total. The summed E-state index contributed by atoms with van der Waals surface area (Å²) < 4.78 is 5.79. The lowest BCUT2D eigenvalue weighted by atomic mass is 10.0. The first kappa shape index (κ1) is 9.22. The van der Waals surface area contributed by atoms with Crippen molar-refractivity contribution >= 4 is 16.8 Å². The molecule has 2 aromatic carbocycles. The summed E-state index contributed by atoms with van der Waals surface area (Å²) in [4.78, 5) is 0. The van der Waals surface area contributed by atoms with Crippen LogP contribution in [0.15, 0.2) is 54.3 Å². The Morgan fingerprint density at radius 2 is 1.88 bits per heavy atom. The second-order valence-electron chi connectivity index (χ2n) is 4.06. The molecule has 0 spiro atoms. The Morgan fingerprint density at radius 1 is 1.06 bits per heavy atom. The van der Waals surface area contributed by atoms with Crippen LogP contribution in [0.3, 0.4) is 0 Å². The van der Waals surface area contributed by atoms with Crippen molar-refractivity contribution in [1.82, 2.24) is 0 Å². The average molecular weight is 208 g/mol. The molecule has 1 heterocycles. The number of hydrogen-bond donors (Lipinski definition) is 0. The molecule has 0 N–H and O–H groups in total. The highest BCUT2D eigenvalue weighted by atomic mass is 16.5. The zero-order valence-corrected chi connectivity index (χ0v) is 9.16. The van der Waals surface area contributed by atoms with Gasteiger partial charge >= 0.3 is 0 Å². The van der Waals surface area contributed by atoms with Gasteiger partial charge in [-0.15, -0.1) is 0 Å². The van der Waals surface area contributed by atoms with Crippen LogP contribution in [0.4, 0.5) is 0 Å². The van der Waals surface area contributed by atoms with E-state index < -0.39 is 0 Å². The molecule has 0 radical (unpaired) electrons. The van der Waals surface area contributed by atoms with Crippen LogP contribution in [-0.2, 0) is 0 Å². The Bertz CT molecular complexity index is 620. The van der Waals surface area contributed by atoms with Gasteiger partial charge in [-0.1, -0.05) is 43.0 Å². The minimum Gasteiger partial charge on any atom is -0.456 e. The first-order chi connectivity index (χ1) is 7.75. The van der Waals surface area contributed by atoms with E-state index in [0.717, 1.165) is 28.0 Å². The molecule has 0 fully saturated rings. The fourth-order valence-electron chi connectivity index (χ4n) is 2.00. The maximum absolute atomic E-state index is 5.79. The van der Waals surface area contributed by atoms with Crippen LogP contribution in [0.5, 0.6) is 5.75 Å². The summed E-state index contributed by atoms with van der Waals surface area (Å²) in [6.45, 7) is 5.92. The second kappa shape index (κ2) is 3.24. The van der Waals surface area contributed by atoms with Crippen molar-refractivity contribution in [3.8, 4) is 5.75 Å². The number of allylic oxidation sites excluding steroid dienone is 1. The smallest absolute Gasteiger partial charge is 0.142 e. The van der Waals surface area contributed by atoms with E-state index in [2.05, 4.69) is 36.9 Å². The van der Waals surface area contributed by atoms with Crippen LogP contribution in [0.25, 0.3) is 16.8 Å². The summed E-state index contributed by atoms with van der Waals surface area (Å²) >= 11 is 0. The van der Waals surface area contributed by atoms with Gasteiger partial charge in [0.15, 0.2) is 0 Å². The Balaban J connectivity index is 2.37. The van der Waals surface area contributed by atoms with Crippen molar-refractivity contribution in [3.05, 3.63) is 59.9 Å². The van der Waals surface area contributed by atoms with Gasteiger partial charge in [-0.25, -0.2) is 0 Å². The Kier molecular flexibility index (Phi) is 1.87. The lowest BCUT2D eigenvalue weighted by molar-refractivity contribution is 0.439. The van der Waals surface area contributed by atoms with E-state index >= 15 is 0 Å². The van der Waals surface area contributed by atoms with E-state index in [1.54, 1.807) is 0 Å². The van der Waals surface area contributed by atoms with Crippen molar-refractivity contribution in [2.24, 2.45) is 0 Å². The van der Waals surface area contributed by atoms with Crippen LogP contribution in [0, 0.1) is 0 Å². The quantitative estimate of drug-likeness (QED) is 0.632. The predicted molar refractivity (Wildman–Crippen MR) is 67.4 cm³/mol. The molecule has 16 heavy (non-hydrogen) atoms. The van der Waals surface area contributed by atoms with E-state index in [-0.39, 0.29) is 0 Å². The van der Waals surface area contributed by atoms with Gasteiger partial charge in [0, 0.05) is 10.9 Å². The summed E-state index contributed by atoms with van der Waals surface area (Å²) in [6, 6.07) is 12.4. The Morgan fingerprint density at radius 3 is 2.75 bits per heavy atom. The first-order valence-corrected chi connectivity index (χ1v) is 5.33. The highest BCUT2D eigenvalue weighted by molar-refractivity contribution is 5.93. The molecule has 78 valence electrons. The van der Waals surface area contributed by atoms with Crippen LogP contribution in [0.1, 0.15) is 12.5 Å². The van der Waals surface area contributed by atoms with Gasteiger partial charge in [0.2, 0.25) is 0 Å². The zero-order chi connectivity index (χ0) is 11.1. The molecule has 0 saturated carbocycles. The Hall–Kier alpha value is -2.02. The molecular weight excluding hydrogens is 196 g/mol. The molecule has 3 rings (SSSR count). The SMILES string of the molecule is C=C1Oc2c(ccc3ccccc23)C=C1C. The predicted octanol–water partition coefficient (Wildman–Crippen LogP) is 4.15. The second-order valence-corrected chi connectivity index (χ2v) is 4.06. The number of hydrogen-bond acceptors (Lipinski definition) is 1. The summed E-state index contributed by atoms with van der Waals surface area (Å²) in [5.41, 5.74) is 2.21. The van der Waals surface area contributed by atoms with Crippen molar-refractivity contribution < 1.29 is 4.74 Å². The van der Waals surface area contributed by atoms with Crippen molar-refractivity contribution in [3.63, 3.8) is 0 Å². The summed E-state index contributed by atoms with van der Waals surface area (Å²) in [7, 11) is 0. The molecule has 0 saturated heterocycles. The number of rotatable bonds is 0. The van der Waals surface area contributed by atoms with Gasteiger partial charge in [-0.3, -0.25) is 0 Å². The highest BCUT2D eigenvalue weighted by Crippen LogP contribution is 2.36. The average Bonchev–Trinajstić information content (AvgIpc) is 2.31. The molecule has 0 bridgehead atoms. The summed E-state index contributed by atoms with van der Waals surface area (Å²) in [5.74, 6) is 1.66. The van der Waals surface area contributed by atoms with Gasteiger partial charge < -0.3 is 4.74 Å². The van der Waals surface area contributed by atoms with E-state index in [1.165, 1.54) is 5.39 Å². The van der Waals surface area contributed by atoms with Gasteiger partial charge in [-0.2, -0.15) is 0 Å². The van der Waals surface area contributed by atoms with E-state index in [0.29, 0.717) is 0 Å². The third-order valence-corrected chi connectivity index (χ3v) is 2.95. The summed E-state index contributed by atoms with van der Waals surface area (Å²) in [6.07, 6.45) is 2.12. The molecule has 0 amide bonds. The van der Waals surface area contributed by atoms with Crippen LogP contribution in [0.2, 0.25) is 0 Å². The molecule has 0 aromatic heterocycles. The first-order valence-electron chi connectivity index (χ1n) is 5.33. The fourth-order valence-corrected chi connectivity index (χ4v) is 2.00. The molecule has 0 aliphatic carbocycles. The summed E-state index contributed by atoms with van der Waals surface area (Å²) in [5, 5.41) is 2.34. The third kappa shape index (κ3) is 1.25. The van der Waals surface area contributed by atoms with Gasteiger partial charge in [0.05, 0.1) is 0 Å². The van der Waals surface area contributed by atoms with Gasteiger partial charge in [-0.05, 0) is 24.0 Å².